The minimum absolute atomic E-state index is 0.313. The minimum atomic E-state index is 0.313. The molecule has 0 radical (unpaired) electrons. The third-order valence-electron chi connectivity index (χ3n) is 3.65. The Balaban J connectivity index is 1.97. The van der Waals surface area contributed by atoms with Crippen LogP contribution in [-0.2, 0) is 11.3 Å². The van der Waals surface area contributed by atoms with Crippen molar-refractivity contribution in [1.29, 1.82) is 0 Å². The van der Waals surface area contributed by atoms with Crippen molar-refractivity contribution >= 4 is 0 Å². The first-order valence-electron chi connectivity index (χ1n) is 6.54. The first-order valence-corrected chi connectivity index (χ1v) is 6.54. The number of piperidine rings is 1. The number of nitrogens with one attached hydrogen (secondary N) is 1. The van der Waals surface area contributed by atoms with Crippen LogP contribution in [0.5, 0.6) is 11.5 Å². The lowest BCUT2D eigenvalue weighted by atomic mass is 9.93. The Morgan fingerprint density at radius 3 is 3.06 bits per heavy atom. The van der Waals surface area contributed by atoms with Crippen LogP contribution < -0.4 is 14.8 Å². The maximum atomic E-state index is 5.58. The lowest BCUT2D eigenvalue weighted by Gasteiger charge is -2.26. The van der Waals surface area contributed by atoms with Gasteiger partial charge in [0.05, 0.1) is 6.61 Å². The summed E-state index contributed by atoms with van der Waals surface area (Å²) in [6.45, 7) is 1.97. The second kappa shape index (κ2) is 5.16. The molecule has 1 fully saturated rings. The van der Waals surface area contributed by atoms with Crippen molar-refractivity contribution in [3.63, 3.8) is 0 Å². The zero-order valence-electron chi connectivity index (χ0n) is 10.7. The van der Waals surface area contributed by atoms with Crippen LogP contribution >= 0.6 is 0 Å². The molecule has 1 unspecified atom stereocenters. The molecule has 4 heteroatoms. The molecule has 1 N–H and O–H groups in total. The van der Waals surface area contributed by atoms with Crippen molar-refractivity contribution < 1.29 is 14.2 Å². The standard InChI is InChI=1S/C14H19NO3/c1-16-8-11-10(12-4-2-3-7-15-12)5-6-13-14(11)18-9-17-13/h5-6,12,15H,2-4,7-9H2,1H3. The Morgan fingerprint density at radius 1 is 1.33 bits per heavy atom. The Hall–Kier alpha value is -1.26. The van der Waals surface area contributed by atoms with Crippen molar-refractivity contribution in [1.82, 2.24) is 5.32 Å². The quantitative estimate of drug-likeness (QED) is 0.892. The number of methoxy groups -OCH3 is 1. The first-order chi connectivity index (χ1) is 8.90. The average Bonchev–Trinajstić information content (AvgIpc) is 2.89. The smallest absolute Gasteiger partial charge is 0.231 e. The van der Waals surface area contributed by atoms with E-state index in [0.717, 1.165) is 23.6 Å². The fourth-order valence-corrected chi connectivity index (χ4v) is 2.78. The largest absolute Gasteiger partial charge is 0.454 e. The highest BCUT2D eigenvalue weighted by atomic mass is 16.7. The average molecular weight is 249 g/mol. The highest BCUT2D eigenvalue weighted by molar-refractivity contribution is 5.52. The van der Waals surface area contributed by atoms with E-state index in [0.29, 0.717) is 19.4 Å². The Kier molecular flexibility index (Phi) is 3.39. The highest BCUT2D eigenvalue weighted by Crippen LogP contribution is 2.40. The summed E-state index contributed by atoms with van der Waals surface area (Å²) < 4.78 is 16.3. The van der Waals surface area contributed by atoms with E-state index in [9.17, 15) is 0 Å². The van der Waals surface area contributed by atoms with Gasteiger partial charge in [0.2, 0.25) is 6.79 Å². The third-order valence-corrected chi connectivity index (χ3v) is 3.65. The zero-order chi connectivity index (χ0) is 12.4. The fraction of sp³-hybridized carbons (Fsp3) is 0.571. The molecule has 1 atom stereocenters. The van der Waals surface area contributed by atoms with Gasteiger partial charge >= 0.3 is 0 Å². The Morgan fingerprint density at radius 2 is 2.28 bits per heavy atom. The van der Waals surface area contributed by atoms with E-state index >= 15 is 0 Å². The van der Waals surface area contributed by atoms with E-state index in [1.165, 1.54) is 24.8 Å². The molecule has 0 amide bonds. The van der Waals surface area contributed by atoms with Crippen LogP contribution in [0.25, 0.3) is 0 Å². The molecule has 0 bridgehead atoms. The maximum Gasteiger partial charge on any atom is 0.231 e. The number of ether oxygens (including phenoxy) is 3. The van der Waals surface area contributed by atoms with E-state index in [1.807, 2.05) is 6.07 Å². The molecular weight excluding hydrogens is 230 g/mol. The van der Waals surface area contributed by atoms with Gasteiger partial charge in [-0.15, -0.1) is 0 Å². The molecule has 1 saturated heterocycles. The van der Waals surface area contributed by atoms with Crippen LogP contribution in [0, 0.1) is 0 Å². The fourth-order valence-electron chi connectivity index (χ4n) is 2.78. The zero-order valence-corrected chi connectivity index (χ0v) is 10.7. The lowest BCUT2D eigenvalue weighted by molar-refractivity contribution is 0.162. The van der Waals surface area contributed by atoms with Crippen molar-refractivity contribution in [2.24, 2.45) is 0 Å². The first kappa shape index (κ1) is 11.8. The van der Waals surface area contributed by atoms with Gasteiger partial charge in [0.15, 0.2) is 11.5 Å². The van der Waals surface area contributed by atoms with Gasteiger partial charge < -0.3 is 19.5 Å². The van der Waals surface area contributed by atoms with Crippen LogP contribution in [0.15, 0.2) is 12.1 Å². The predicted molar refractivity (Wildman–Crippen MR) is 67.9 cm³/mol. The van der Waals surface area contributed by atoms with Crippen LogP contribution in [0.1, 0.15) is 36.4 Å². The molecule has 0 aromatic heterocycles. The molecule has 1 aromatic rings. The molecular formula is C14H19NO3. The van der Waals surface area contributed by atoms with Crippen LogP contribution in [0.4, 0.5) is 0 Å². The topological polar surface area (TPSA) is 39.7 Å². The van der Waals surface area contributed by atoms with Crippen molar-refractivity contribution in [2.75, 3.05) is 20.4 Å². The van der Waals surface area contributed by atoms with Gasteiger partial charge in [0.25, 0.3) is 0 Å². The second-order valence-electron chi connectivity index (χ2n) is 4.80. The molecule has 1 aromatic carbocycles. The number of hydrogen-bond acceptors (Lipinski definition) is 4. The summed E-state index contributed by atoms with van der Waals surface area (Å²) in [4.78, 5) is 0. The number of fused-ring (bicyclic) bond motifs is 1. The molecule has 0 aliphatic carbocycles. The van der Waals surface area contributed by atoms with E-state index in [2.05, 4.69) is 11.4 Å². The summed E-state index contributed by atoms with van der Waals surface area (Å²) in [6.07, 6.45) is 3.72. The molecule has 4 nitrogen and oxygen atoms in total. The Bertz CT molecular complexity index is 427. The van der Waals surface area contributed by atoms with Gasteiger partial charge in [-0.1, -0.05) is 12.5 Å². The van der Waals surface area contributed by atoms with Crippen molar-refractivity contribution in [3.8, 4) is 11.5 Å². The van der Waals surface area contributed by atoms with E-state index in [1.54, 1.807) is 7.11 Å². The molecule has 2 aliphatic rings. The summed E-state index contributed by atoms with van der Waals surface area (Å²) in [5.74, 6) is 1.70. The van der Waals surface area contributed by atoms with E-state index in [-0.39, 0.29) is 0 Å². The van der Waals surface area contributed by atoms with Crippen molar-refractivity contribution in [3.05, 3.63) is 23.3 Å². The summed E-state index contributed by atoms with van der Waals surface area (Å²) in [7, 11) is 1.72. The van der Waals surface area contributed by atoms with Gasteiger partial charge in [0.1, 0.15) is 0 Å². The molecule has 2 heterocycles. The van der Waals surface area contributed by atoms with Crippen LogP contribution in [-0.4, -0.2) is 20.4 Å². The monoisotopic (exact) mass is 249 g/mol. The number of hydrogen-bond donors (Lipinski definition) is 1. The molecule has 0 saturated carbocycles. The Labute approximate surface area is 107 Å². The highest BCUT2D eigenvalue weighted by Gasteiger charge is 2.25. The van der Waals surface area contributed by atoms with Gasteiger partial charge in [0, 0.05) is 18.7 Å². The minimum Gasteiger partial charge on any atom is -0.454 e. The SMILES string of the molecule is COCc1c(C2CCCCN2)ccc2c1OCO2. The molecule has 3 rings (SSSR count). The third kappa shape index (κ3) is 2.06. The van der Waals surface area contributed by atoms with Crippen LogP contribution in [0.2, 0.25) is 0 Å². The maximum absolute atomic E-state index is 5.58. The molecule has 98 valence electrons. The summed E-state index contributed by atoms with van der Waals surface area (Å²) in [5, 5.41) is 3.57. The summed E-state index contributed by atoms with van der Waals surface area (Å²) in [5.41, 5.74) is 2.42. The molecule has 2 aliphatic heterocycles. The van der Waals surface area contributed by atoms with Crippen LogP contribution in [0.3, 0.4) is 0 Å². The van der Waals surface area contributed by atoms with Gasteiger partial charge in [-0.2, -0.15) is 0 Å². The van der Waals surface area contributed by atoms with E-state index in [4.69, 9.17) is 14.2 Å². The van der Waals surface area contributed by atoms with Crippen molar-refractivity contribution in [2.45, 2.75) is 31.9 Å². The van der Waals surface area contributed by atoms with Gasteiger partial charge in [-0.3, -0.25) is 0 Å². The van der Waals surface area contributed by atoms with Gasteiger partial charge in [-0.05, 0) is 31.0 Å². The number of rotatable bonds is 3. The molecule has 18 heavy (non-hydrogen) atoms. The van der Waals surface area contributed by atoms with E-state index < -0.39 is 0 Å². The second-order valence-corrected chi connectivity index (χ2v) is 4.80. The predicted octanol–water partition coefficient (Wildman–Crippen LogP) is 2.38. The molecule has 0 spiro atoms. The number of benzene rings is 1. The summed E-state index contributed by atoms with van der Waals surface area (Å²) in [6, 6.07) is 4.57. The normalized spacial score (nSPS) is 22.2. The lowest BCUT2D eigenvalue weighted by Crippen LogP contribution is -2.27. The summed E-state index contributed by atoms with van der Waals surface area (Å²) >= 11 is 0. The van der Waals surface area contributed by atoms with Gasteiger partial charge in [-0.25, -0.2) is 0 Å².